The van der Waals surface area contributed by atoms with Crippen LogP contribution in [0.25, 0.3) is 0 Å². The van der Waals surface area contributed by atoms with Crippen molar-refractivity contribution in [3.05, 3.63) is 53.6 Å². The number of likely N-dealkylation sites (tertiary alicyclic amines) is 1. The third-order valence-electron chi connectivity index (χ3n) is 6.38. The number of ether oxygens (including phenoxy) is 3. The second-order valence-corrected chi connectivity index (χ2v) is 10.4. The van der Waals surface area contributed by atoms with Gasteiger partial charge in [-0.1, -0.05) is 6.07 Å². The molecule has 3 aliphatic heterocycles. The Morgan fingerprint density at radius 2 is 1.58 bits per heavy atom. The lowest BCUT2D eigenvalue weighted by molar-refractivity contribution is 0.0730. The molecule has 3 aliphatic rings. The summed E-state index contributed by atoms with van der Waals surface area (Å²) in [5, 5.41) is 0. The van der Waals surface area contributed by atoms with Gasteiger partial charge in [-0.2, -0.15) is 4.31 Å². The highest BCUT2D eigenvalue weighted by Crippen LogP contribution is 2.38. The molecular weight excluding hydrogens is 444 g/mol. The van der Waals surface area contributed by atoms with E-state index in [1.54, 1.807) is 12.1 Å². The Bertz CT molecular complexity index is 1110. The van der Waals surface area contributed by atoms with E-state index >= 15 is 0 Å². The Kier molecular flexibility index (Phi) is 6.27. The number of benzene rings is 2. The van der Waals surface area contributed by atoms with Crippen molar-refractivity contribution in [1.29, 1.82) is 0 Å². The van der Waals surface area contributed by atoms with E-state index in [0.717, 1.165) is 36.3 Å². The zero-order valence-corrected chi connectivity index (χ0v) is 19.3. The second-order valence-electron chi connectivity index (χ2n) is 8.45. The van der Waals surface area contributed by atoms with Gasteiger partial charge in [0.15, 0.2) is 11.5 Å². The molecule has 0 aliphatic carbocycles. The molecule has 2 aromatic rings. The maximum absolute atomic E-state index is 13.3. The first-order valence-corrected chi connectivity index (χ1v) is 12.9. The summed E-state index contributed by atoms with van der Waals surface area (Å²) in [4.78, 5) is 15.4. The zero-order chi connectivity index (χ0) is 22.8. The van der Waals surface area contributed by atoms with E-state index in [4.69, 9.17) is 14.2 Å². The van der Waals surface area contributed by atoms with E-state index in [1.165, 1.54) is 16.4 Å². The van der Waals surface area contributed by atoms with Crippen LogP contribution in [0.3, 0.4) is 0 Å². The van der Waals surface area contributed by atoms with Crippen molar-refractivity contribution in [3.8, 4) is 11.5 Å². The summed E-state index contributed by atoms with van der Waals surface area (Å²) < 4.78 is 43.9. The highest BCUT2D eigenvalue weighted by Gasteiger charge is 2.32. The molecule has 0 bridgehead atoms. The van der Waals surface area contributed by atoms with Gasteiger partial charge in [0.05, 0.1) is 37.4 Å². The summed E-state index contributed by atoms with van der Waals surface area (Å²) in [6, 6.07) is 12.1. The summed E-state index contributed by atoms with van der Waals surface area (Å²) in [7, 11) is -3.59. The number of fused-ring (bicyclic) bond motifs is 1. The molecule has 33 heavy (non-hydrogen) atoms. The molecule has 0 N–H and O–H groups in total. The minimum absolute atomic E-state index is 0.0496. The lowest BCUT2D eigenvalue weighted by Gasteiger charge is -2.27. The number of rotatable bonds is 4. The van der Waals surface area contributed by atoms with Crippen LogP contribution in [0.4, 0.5) is 0 Å². The molecule has 3 heterocycles. The average Bonchev–Trinajstić information content (AvgIpc) is 3.23. The standard InChI is InChI=1S/C24H28N2O6S/c27-24(18-4-7-20(8-5-18)33(28,29)25-11-15-30-16-12-25)26-10-1-3-21(26)19-6-9-22-23(17-19)32-14-2-13-31-22/h4-9,17,21H,1-3,10-16H2/t21-/m1/s1. The number of sulfonamides is 1. The maximum Gasteiger partial charge on any atom is 0.254 e. The molecule has 0 radical (unpaired) electrons. The summed E-state index contributed by atoms with van der Waals surface area (Å²) in [6.07, 6.45) is 2.62. The van der Waals surface area contributed by atoms with Crippen molar-refractivity contribution < 1.29 is 27.4 Å². The monoisotopic (exact) mass is 472 g/mol. The molecule has 2 aromatic carbocycles. The van der Waals surface area contributed by atoms with Crippen LogP contribution < -0.4 is 9.47 Å². The van der Waals surface area contributed by atoms with Gasteiger partial charge in [0.1, 0.15) is 0 Å². The highest BCUT2D eigenvalue weighted by atomic mass is 32.2. The Labute approximate surface area is 194 Å². The van der Waals surface area contributed by atoms with E-state index in [1.807, 2.05) is 23.1 Å². The van der Waals surface area contributed by atoms with Crippen LogP contribution in [-0.4, -0.2) is 69.6 Å². The molecule has 176 valence electrons. The summed E-state index contributed by atoms with van der Waals surface area (Å²) >= 11 is 0. The average molecular weight is 473 g/mol. The quantitative estimate of drug-likeness (QED) is 0.680. The third-order valence-corrected chi connectivity index (χ3v) is 8.29. The molecule has 0 saturated carbocycles. The van der Waals surface area contributed by atoms with Crippen LogP contribution in [0, 0.1) is 0 Å². The fraction of sp³-hybridized carbons (Fsp3) is 0.458. The van der Waals surface area contributed by atoms with Crippen molar-refractivity contribution in [2.75, 3.05) is 46.1 Å². The fourth-order valence-corrected chi connectivity index (χ4v) is 6.02. The number of morpholine rings is 1. The molecule has 2 fully saturated rings. The van der Waals surface area contributed by atoms with E-state index in [9.17, 15) is 13.2 Å². The van der Waals surface area contributed by atoms with Gasteiger partial charge in [-0.3, -0.25) is 4.79 Å². The Hall–Kier alpha value is -2.62. The van der Waals surface area contributed by atoms with E-state index in [2.05, 4.69) is 0 Å². The Morgan fingerprint density at radius 1 is 0.848 bits per heavy atom. The first-order valence-electron chi connectivity index (χ1n) is 11.4. The van der Waals surface area contributed by atoms with Gasteiger partial charge in [0.2, 0.25) is 10.0 Å². The van der Waals surface area contributed by atoms with Crippen LogP contribution in [0.15, 0.2) is 47.4 Å². The van der Waals surface area contributed by atoms with Crippen molar-refractivity contribution in [2.45, 2.75) is 30.2 Å². The van der Waals surface area contributed by atoms with Gasteiger partial charge < -0.3 is 19.1 Å². The number of amides is 1. The summed E-state index contributed by atoms with van der Waals surface area (Å²) in [5.41, 5.74) is 1.51. The third kappa shape index (κ3) is 4.45. The maximum atomic E-state index is 13.3. The molecule has 2 saturated heterocycles. The Balaban J connectivity index is 1.34. The molecule has 1 amide bonds. The first kappa shape index (κ1) is 22.2. The number of carbonyl (C=O) groups excluding carboxylic acids is 1. The second kappa shape index (κ2) is 9.32. The van der Waals surface area contributed by atoms with Crippen molar-refractivity contribution in [2.24, 2.45) is 0 Å². The minimum Gasteiger partial charge on any atom is -0.490 e. The fourth-order valence-electron chi connectivity index (χ4n) is 4.61. The number of hydrogen-bond acceptors (Lipinski definition) is 6. The van der Waals surface area contributed by atoms with Gasteiger partial charge in [-0.25, -0.2) is 8.42 Å². The van der Waals surface area contributed by atoms with E-state index in [-0.39, 0.29) is 16.8 Å². The largest absolute Gasteiger partial charge is 0.490 e. The number of carbonyl (C=O) groups is 1. The van der Waals surface area contributed by atoms with E-state index in [0.29, 0.717) is 51.6 Å². The predicted molar refractivity (Wildman–Crippen MR) is 121 cm³/mol. The Morgan fingerprint density at radius 3 is 2.33 bits per heavy atom. The predicted octanol–water partition coefficient (Wildman–Crippen LogP) is 2.85. The minimum atomic E-state index is -3.59. The molecule has 0 spiro atoms. The van der Waals surface area contributed by atoms with Gasteiger partial charge in [-0.05, 0) is 54.8 Å². The number of hydrogen-bond donors (Lipinski definition) is 0. The van der Waals surface area contributed by atoms with Gasteiger partial charge in [0.25, 0.3) is 5.91 Å². The molecule has 0 aromatic heterocycles. The number of nitrogens with zero attached hydrogens (tertiary/aromatic N) is 2. The summed E-state index contributed by atoms with van der Waals surface area (Å²) in [6.45, 7) is 3.38. The van der Waals surface area contributed by atoms with Crippen LogP contribution >= 0.6 is 0 Å². The van der Waals surface area contributed by atoms with E-state index < -0.39 is 10.0 Å². The molecule has 8 nitrogen and oxygen atoms in total. The molecule has 1 atom stereocenters. The summed E-state index contributed by atoms with van der Waals surface area (Å²) in [5.74, 6) is 1.37. The first-order chi connectivity index (χ1) is 16.0. The van der Waals surface area contributed by atoms with Crippen molar-refractivity contribution in [1.82, 2.24) is 9.21 Å². The zero-order valence-electron chi connectivity index (χ0n) is 18.4. The lowest BCUT2D eigenvalue weighted by atomic mass is 10.0. The molecule has 0 unspecified atom stereocenters. The smallest absolute Gasteiger partial charge is 0.254 e. The van der Waals surface area contributed by atoms with Crippen molar-refractivity contribution in [3.63, 3.8) is 0 Å². The van der Waals surface area contributed by atoms with Crippen molar-refractivity contribution >= 4 is 15.9 Å². The molecule has 9 heteroatoms. The topological polar surface area (TPSA) is 85.4 Å². The normalized spacial score (nSPS) is 21.6. The lowest BCUT2D eigenvalue weighted by Crippen LogP contribution is -2.40. The van der Waals surface area contributed by atoms with Gasteiger partial charge in [0, 0.05) is 31.6 Å². The van der Waals surface area contributed by atoms with Gasteiger partial charge in [-0.15, -0.1) is 0 Å². The highest BCUT2D eigenvalue weighted by molar-refractivity contribution is 7.89. The molecular formula is C24H28N2O6S. The van der Waals surface area contributed by atoms with Crippen LogP contribution in [-0.2, 0) is 14.8 Å². The SMILES string of the molecule is O=C(c1ccc(S(=O)(=O)N2CCOCC2)cc1)N1CCC[C@@H]1c1ccc2c(c1)OCCCO2. The van der Waals surface area contributed by atoms with Crippen LogP contribution in [0.1, 0.15) is 41.2 Å². The van der Waals surface area contributed by atoms with Crippen LogP contribution in [0.2, 0.25) is 0 Å². The molecule has 5 rings (SSSR count). The van der Waals surface area contributed by atoms with Gasteiger partial charge >= 0.3 is 0 Å². The van der Waals surface area contributed by atoms with Crippen LogP contribution in [0.5, 0.6) is 11.5 Å².